The number of hydrogen-bond donors (Lipinski definition) is 1. The molecule has 1 aromatic carbocycles. The third-order valence-corrected chi connectivity index (χ3v) is 3.77. The van der Waals surface area contributed by atoms with Gasteiger partial charge in [0.15, 0.2) is 5.75 Å². The quantitative estimate of drug-likeness (QED) is 0.681. The molecule has 0 saturated carbocycles. The van der Waals surface area contributed by atoms with Crippen molar-refractivity contribution in [1.82, 2.24) is 4.90 Å². The molecule has 1 N–H and O–H groups in total. The summed E-state index contributed by atoms with van der Waals surface area (Å²) < 4.78 is 5.03. The predicted molar refractivity (Wildman–Crippen MR) is 81.0 cm³/mol. The zero-order chi connectivity index (χ0) is 16.1. The smallest absolute Gasteiger partial charge is 0.407 e. The Kier molecular flexibility index (Phi) is 4.98. The fourth-order valence-corrected chi connectivity index (χ4v) is 2.48. The van der Waals surface area contributed by atoms with E-state index in [1.165, 1.54) is 18.1 Å². The maximum Gasteiger partial charge on any atom is 0.407 e. The summed E-state index contributed by atoms with van der Waals surface area (Å²) in [5, 5.41) is 19.7. The zero-order valence-corrected chi connectivity index (χ0v) is 12.3. The Bertz CT molecular complexity index is 592. The number of allylic oxidation sites excluding steroid dienone is 1. The van der Waals surface area contributed by atoms with Crippen LogP contribution in [0.1, 0.15) is 18.4 Å². The second kappa shape index (κ2) is 6.93. The van der Waals surface area contributed by atoms with Gasteiger partial charge in [0, 0.05) is 19.2 Å². The van der Waals surface area contributed by atoms with Gasteiger partial charge in [-0.3, -0.25) is 10.1 Å². The average Bonchev–Trinajstić information content (AvgIpc) is 2.52. The molecule has 1 fully saturated rings. The number of amides is 1. The Morgan fingerprint density at radius 1 is 1.45 bits per heavy atom. The van der Waals surface area contributed by atoms with Crippen LogP contribution in [0.5, 0.6) is 5.75 Å². The number of ether oxygens (including phenoxy) is 1. The van der Waals surface area contributed by atoms with Crippen molar-refractivity contribution in [3.8, 4) is 5.75 Å². The van der Waals surface area contributed by atoms with E-state index in [1.54, 1.807) is 12.1 Å². The van der Waals surface area contributed by atoms with Crippen molar-refractivity contribution in [2.75, 3.05) is 20.2 Å². The molecule has 0 aliphatic carbocycles. The van der Waals surface area contributed by atoms with Crippen LogP contribution in [0.15, 0.2) is 24.3 Å². The van der Waals surface area contributed by atoms with Gasteiger partial charge in [-0.2, -0.15) is 0 Å². The van der Waals surface area contributed by atoms with Gasteiger partial charge >= 0.3 is 11.8 Å². The molecule has 1 amide bonds. The summed E-state index contributed by atoms with van der Waals surface area (Å²) in [6.07, 6.45) is 4.62. The normalized spacial score (nSPS) is 16.0. The standard InChI is InChI=1S/C15H18N2O5/c1-22-14-10-12(4-5-13(14)17(20)21)3-2-11-6-8-16(9-7-11)15(18)19/h2-5,10-11H,6-9H2,1H3,(H,18,19)/b3-2+. The van der Waals surface area contributed by atoms with Crippen LogP contribution in [0.3, 0.4) is 0 Å². The van der Waals surface area contributed by atoms with E-state index in [2.05, 4.69) is 0 Å². The first-order valence-corrected chi connectivity index (χ1v) is 6.99. The van der Waals surface area contributed by atoms with E-state index in [4.69, 9.17) is 9.84 Å². The number of rotatable bonds is 4. The molecule has 0 spiro atoms. The fourth-order valence-electron chi connectivity index (χ4n) is 2.48. The Labute approximate surface area is 128 Å². The molecule has 1 saturated heterocycles. The van der Waals surface area contributed by atoms with Gasteiger partial charge in [0.2, 0.25) is 0 Å². The molecule has 1 aliphatic heterocycles. The second-order valence-corrected chi connectivity index (χ2v) is 5.15. The lowest BCUT2D eigenvalue weighted by Crippen LogP contribution is -2.36. The highest BCUT2D eigenvalue weighted by molar-refractivity contribution is 5.65. The summed E-state index contributed by atoms with van der Waals surface area (Å²) in [5.74, 6) is 0.546. The lowest BCUT2D eigenvalue weighted by Gasteiger charge is -2.28. The molecule has 0 atom stereocenters. The van der Waals surface area contributed by atoms with Crippen LogP contribution in [0.25, 0.3) is 6.08 Å². The maximum absolute atomic E-state index is 10.8. The highest BCUT2D eigenvalue weighted by atomic mass is 16.6. The third kappa shape index (κ3) is 3.75. The van der Waals surface area contributed by atoms with Crippen LogP contribution < -0.4 is 4.74 Å². The first-order valence-electron chi connectivity index (χ1n) is 6.99. The van der Waals surface area contributed by atoms with Crippen LogP contribution >= 0.6 is 0 Å². The van der Waals surface area contributed by atoms with Gasteiger partial charge < -0.3 is 14.7 Å². The summed E-state index contributed by atoms with van der Waals surface area (Å²) in [6.45, 7) is 1.07. The van der Waals surface area contributed by atoms with E-state index in [1.807, 2.05) is 12.2 Å². The number of methoxy groups -OCH3 is 1. The second-order valence-electron chi connectivity index (χ2n) is 5.15. The van der Waals surface area contributed by atoms with Crippen molar-refractivity contribution < 1.29 is 19.6 Å². The number of hydrogen-bond acceptors (Lipinski definition) is 4. The maximum atomic E-state index is 10.8. The summed E-state index contributed by atoms with van der Waals surface area (Å²) in [4.78, 5) is 22.6. The number of nitro groups is 1. The van der Waals surface area contributed by atoms with Gasteiger partial charge in [-0.15, -0.1) is 0 Å². The molecule has 2 rings (SSSR count). The van der Waals surface area contributed by atoms with Crippen LogP contribution in [0.2, 0.25) is 0 Å². The highest BCUT2D eigenvalue weighted by Crippen LogP contribution is 2.28. The van der Waals surface area contributed by atoms with Gasteiger partial charge in [-0.05, 0) is 36.5 Å². The van der Waals surface area contributed by atoms with Crippen molar-refractivity contribution in [3.63, 3.8) is 0 Å². The molecule has 0 bridgehead atoms. The van der Waals surface area contributed by atoms with E-state index < -0.39 is 11.0 Å². The summed E-state index contributed by atoms with van der Waals surface area (Å²) in [6, 6.07) is 4.72. The topological polar surface area (TPSA) is 92.9 Å². The Balaban J connectivity index is 2.02. The molecule has 118 valence electrons. The van der Waals surface area contributed by atoms with E-state index >= 15 is 0 Å². The number of likely N-dealkylation sites (tertiary alicyclic amines) is 1. The van der Waals surface area contributed by atoms with Crippen LogP contribution in [0, 0.1) is 16.0 Å². The largest absolute Gasteiger partial charge is 0.490 e. The van der Waals surface area contributed by atoms with Crippen molar-refractivity contribution in [2.45, 2.75) is 12.8 Å². The number of nitro benzene ring substituents is 1. The Hall–Kier alpha value is -2.57. The highest BCUT2D eigenvalue weighted by Gasteiger charge is 2.20. The monoisotopic (exact) mass is 306 g/mol. The van der Waals surface area contributed by atoms with E-state index in [9.17, 15) is 14.9 Å². The van der Waals surface area contributed by atoms with Gasteiger partial charge in [0.05, 0.1) is 12.0 Å². The number of carboxylic acid groups (broad SMARTS) is 1. The van der Waals surface area contributed by atoms with E-state index in [0.717, 1.165) is 18.4 Å². The van der Waals surface area contributed by atoms with Crippen molar-refractivity contribution in [1.29, 1.82) is 0 Å². The fraction of sp³-hybridized carbons (Fsp3) is 0.400. The van der Waals surface area contributed by atoms with Crippen molar-refractivity contribution >= 4 is 17.9 Å². The molecule has 0 radical (unpaired) electrons. The summed E-state index contributed by atoms with van der Waals surface area (Å²) in [7, 11) is 1.40. The van der Waals surface area contributed by atoms with Crippen molar-refractivity contribution in [2.24, 2.45) is 5.92 Å². The average molecular weight is 306 g/mol. The summed E-state index contributed by atoms with van der Waals surface area (Å²) in [5.41, 5.74) is 0.762. The Morgan fingerprint density at radius 2 is 2.14 bits per heavy atom. The van der Waals surface area contributed by atoms with Crippen LogP contribution in [-0.2, 0) is 0 Å². The molecule has 0 unspecified atom stereocenters. The molecular formula is C15H18N2O5. The molecule has 1 heterocycles. The lowest BCUT2D eigenvalue weighted by atomic mass is 9.96. The predicted octanol–water partition coefficient (Wildman–Crippen LogP) is 3.01. The van der Waals surface area contributed by atoms with Gasteiger partial charge in [-0.25, -0.2) is 4.79 Å². The minimum absolute atomic E-state index is 0.0607. The number of carbonyl (C=O) groups is 1. The SMILES string of the molecule is COc1cc(/C=C/C2CCN(C(=O)O)CC2)ccc1[N+](=O)[O-]. The molecule has 1 aromatic rings. The molecule has 7 heteroatoms. The number of piperidine rings is 1. The molecule has 0 aromatic heterocycles. The molecular weight excluding hydrogens is 288 g/mol. The van der Waals surface area contributed by atoms with Crippen LogP contribution in [-0.4, -0.2) is 41.2 Å². The van der Waals surface area contributed by atoms with Gasteiger partial charge in [-0.1, -0.05) is 12.2 Å². The molecule has 1 aliphatic rings. The van der Waals surface area contributed by atoms with Gasteiger partial charge in [0.1, 0.15) is 0 Å². The van der Waals surface area contributed by atoms with E-state index in [0.29, 0.717) is 19.0 Å². The third-order valence-electron chi connectivity index (χ3n) is 3.77. The first kappa shape index (κ1) is 15.8. The molecule has 22 heavy (non-hydrogen) atoms. The zero-order valence-electron chi connectivity index (χ0n) is 12.3. The van der Waals surface area contributed by atoms with Crippen molar-refractivity contribution in [3.05, 3.63) is 40.0 Å². The Morgan fingerprint density at radius 3 is 2.68 bits per heavy atom. The minimum atomic E-state index is -0.873. The minimum Gasteiger partial charge on any atom is -0.490 e. The summed E-state index contributed by atoms with van der Waals surface area (Å²) >= 11 is 0. The number of benzene rings is 1. The first-order chi connectivity index (χ1) is 10.5. The molecule has 7 nitrogen and oxygen atoms in total. The van der Waals surface area contributed by atoms with Gasteiger partial charge in [0.25, 0.3) is 0 Å². The lowest BCUT2D eigenvalue weighted by molar-refractivity contribution is -0.385. The van der Waals surface area contributed by atoms with Crippen LogP contribution in [0.4, 0.5) is 10.5 Å². The van der Waals surface area contributed by atoms with E-state index in [-0.39, 0.29) is 11.4 Å². The number of nitrogens with zero attached hydrogens (tertiary/aromatic N) is 2.